The van der Waals surface area contributed by atoms with Gasteiger partial charge in [-0.05, 0) is 43.7 Å². The number of esters is 1. The molecule has 2 aromatic rings. The maximum Gasteiger partial charge on any atom is 0.350 e. The van der Waals surface area contributed by atoms with Crippen LogP contribution in [-0.2, 0) is 19.1 Å². The Morgan fingerprint density at radius 2 is 1.97 bits per heavy atom. The van der Waals surface area contributed by atoms with E-state index >= 15 is 0 Å². The number of fused-ring (bicyclic) bond motifs is 1. The van der Waals surface area contributed by atoms with Crippen molar-refractivity contribution in [3.05, 3.63) is 53.1 Å². The molecule has 8 heteroatoms. The number of nitrogens with one attached hydrogen (secondary N) is 1. The van der Waals surface area contributed by atoms with E-state index in [0.29, 0.717) is 22.1 Å². The number of hydrogen-bond donors (Lipinski definition) is 1. The van der Waals surface area contributed by atoms with Gasteiger partial charge in [-0.25, -0.2) is 4.79 Å². The second kappa shape index (κ2) is 8.53. The van der Waals surface area contributed by atoms with Crippen LogP contribution in [0.25, 0.3) is 0 Å². The lowest BCUT2D eigenvalue weighted by Crippen LogP contribution is -2.48. The zero-order valence-corrected chi connectivity index (χ0v) is 17.0. The highest BCUT2D eigenvalue weighted by Crippen LogP contribution is 2.33. The first-order chi connectivity index (χ1) is 13.8. The molecular weight excluding hydrogens is 396 g/mol. The lowest BCUT2D eigenvalue weighted by molar-refractivity contribution is -0.160. The summed E-state index contributed by atoms with van der Waals surface area (Å²) in [6, 6.07) is 12.0. The molecule has 1 N–H and O–H groups in total. The van der Waals surface area contributed by atoms with Crippen molar-refractivity contribution in [3.8, 4) is 5.75 Å². The first-order valence-electron chi connectivity index (χ1n) is 9.07. The molecule has 0 bridgehead atoms. The molecule has 2 atom stereocenters. The zero-order valence-electron chi connectivity index (χ0n) is 16.3. The molecule has 0 aromatic heterocycles. The second-order valence-corrected chi connectivity index (χ2v) is 7.17. The minimum Gasteiger partial charge on any atom is -0.475 e. The van der Waals surface area contributed by atoms with Gasteiger partial charge in [-0.1, -0.05) is 29.8 Å². The summed E-state index contributed by atoms with van der Waals surface area (Å²) in [6.45, 7) is 4.71. The van der Waals surface area contributed by atoms with Crippen LogP contribution in [0, 0.1) is 6.92 Å². The van der Waals surface area contributed by atoms with Crippen LogP contribution in [0.4, 0.5) is 11.4 Å². The number of carbonyl (C=O) groups is 3. The van der Waals surface area contributed by atoms with Crippen molar-refractivity contribution >= 4 is 40.8 Å². The number of benzene rings is 2. The summed E-state index contributed by atoms with van der Waals surface area (Å²) in [7, 11) is 0. The van der Waals surface area contributed by atoms with Crippen molar-refractivity contribution < 1.29 is 23.9 Å². The molecule has 2 aromatic carbocycles. The Morgan fingerprint density at radius 3 is 2.69 bits per heavy atom. The SMILES string of the molecule is CC(=O)N1C[C@@H](C(=O)O[C@@H](C)C(=O)Nc2cc(Cl)ccc2C)Oc2ccccc21. The van der Waals surface area contributed by atoms with Gasteiger partial charge in [-0.3, -0.25) is 9.59 Å². The van der Waals surface area contributed by atoms with Gasteiger partial charge in [0.1, 0.15) is 5.75 Å². The third-order valence-electron chi connectivity index (χ3n) is 4.54. The number of carbonyl (C=O) groups excluding carboxylic acids is 3. The molecule has 3 rings (SSSR count). The van der Waals surface area contributed by atoms with E-state index < -0.39 is 24.1 Å². The lowest BCUT2D eigenvalue weighted by atomic mass is 10.2. The molecule has 29 heavy (non-hydrogen) atoms. The van der Waals surface area contributed by atoms with Gasteiger partial charge in [0, 0.05) is 17.6 Å². The van der Waals surface area contributed by atoms with E-state index in [-0.39, 0.29) is 12.5 Å². The molecule has 0 saturated heterocycles. The number of halogens is 1. The monoisotopic (exact) mass is 416 g/mol. The predicted octanol–water partition coefficient (Wildman–Crippen LogP) is 3.33. The molecule has 0 aliphatic carbocycles. The fourth-order valence-corrected chi connectivity index (χ4v) is 3.09. The summed E-state index contributed by atoms with van der Waals surface area (Å²) in [5.41, 5.74) is 1.95. The number of ether oxygens (including phenoxy) is 2. The van der Waals surface area contributed by atoms with Crippen molar-refractivity contribution in [2.45, 2.75) is 33.0 Å². The summed E-state index contributed by atoms with van der Waals surface area (Å²) in [4.78, 5) is 38.4. The Hall–Kier alpha value is -3.06. The molecule has 1 aliphatic rings. The zero-order chi connectivity index (χ0) is 21.1. The molecule has 152 valence electrons. The molecule has 1 aliphatic heterocycles. The van der Waals surface area contributed by atoms with Crippen LogP contribution in [0.15, 0.2) is 42.5 Å². The molecular formula is C21H21ClN2O5. The smallest absolute Gasteiger partial charge is 0.350 e. The fourth-order valence-electron chi connectivity index (χ4n) is 2.92. The standard InChI is InChI=1S/C21H21ClN2O5/c1-12-8-9-15(22)10-16(12)23-20(26)13(2)28-21(27)19-11-24(14(3)25)17-6-4-5-7-18(17)29-19/h4-10,13,19H,11H2,1-3H3,(H,23,26)/t13-,19-/m0/s1. The Kier molecular flexibility index (Phi) is 6.08. The summed E-state index contributed by atoms with van der Waals surface area (Å²) < 4.78 is 11.0. The molecule has 1 heterocycles. The number of anilines is 2. The first kappa shape index (κ1) is 20.7. The normalized spacial score (nSPS) is 16.3. The summed E-state index contributed by atoms with van der Waals surface area (Å²) in [6.07, 6.45) is -2.09. The average molecular weight is 417 g/mol. The number of para-hydroxylation sites is 2. The van der Waals surface area contributed by atoms with Crippen molar-refractivity contribution in [1.29, 1.82) is 0 Å². The van der Waals surface area contributed by atoms with Gasteiger partial charge in [0.2, 0.25) is 12.0 Å². The maximum atomic E-state index is 12.6. The van der Waals surface area contributed by atoms with E-state index in [9.17, 15) is 14.4 Å². The number of amides is 2. The van der Waals surface area contributed by atoms with Crippen LogP contribution >= 0.6 is 11.6 Å². The van der Waals surface area contributed by atoms with E-state index in [1.54, 1.807) is 42.5 Å². The Labute approximate surface area is 173 Å². The molecule has 0 spiro atoms. The Bertz CT molecular complexity index is 962. The van der Waals surface area contributed by atoms with Crippen LogP contribution in [0.2, 0.25) is 5.02 Å². The van der Waals surface area contributed by atoms with Crippen molar-refractivity contribution in [3.63, 3.8) is 0 Å². The van der Waals surface area contributed by atoms with E-state index in [1.165, 1.54) is 18.7 Å². The molecule has 0 saturated carbocycles. The van der Waals surface area contributed by atoms with Gasteiger partial charge in [0.25, 0.3) is 5.91 Å². The number of hydrogen-bond acceptors (Lipinski definition) is 5. The fraction of sp³-hybridized carbons (Fsp3) is 0.286. The van der Waals surface area contributed by atoms with Crippen molar-refractivity contribution in [2.75, 3.05) is 16.8 Å². The summed E-state index contributed by atoms with van der Waals surface area (Å²) >= 11 is 5.96. The highest BCUT2D eigenvalue weighted by Gasteiger charge is 2.35. The van der Waals surface area contributed by atoms with Crippen molar-refractivity contribution in [2.24, 2.45) is 0 Å². The third-order valence-corrected chi connectivity index (χ3v) is 4.77. The van der Waals surface area contributed by atoms with Gasteiger partial charge in [-0.2, -0.15) is 0 Å². The minimum absolute atomic E-state index is 0.00687. The maximum absolute atomic E-state index is 12.6. The Balaban J connectivity index is 1.67. The third kappa shape index (κ3) is 4.68. The van der Waals surface area contributed by atoms with Crippen LogP contribution in [0.5, 0.6) is 5.75 Å². The van der Waals surface area contributed by atoms with Crippen LogP contribution in [0.3, 0.4) is 0 Å². The van der Waals surface area contributed by atoms with E-state index in [0.717, 1.165) is 5.56 Å². The van der Waals surface area contributed by atoms with Gasteiger partial charge < -0.3 is 19.7 Å². The van der Waals surface area contributed by atoms with Crippen LogP contribution in [-0.4, -0.2) is 36.5 Å². The van der Waals surface area contributed by atoms with Gasteiger partial charge in [-0.15, -0.1) is 0 Å². The van der Waals surface area contributed by atoms with Crippen LogP contribution < -0.4 is 15.0 Å². The predicted molar refractivity (Wildman–Crippen MR) is 109 cm³/mol. The van der Waals surface area contributed by atoms with E-state index in [4.69, 9.17) is 21.1 Å². The minimum atomic E-state index is -1.06. The van der Waals surface area contributed by atoms with E-state index in [2.05, 4.69) is 5.32 Å². The molecule has 0 radical (unpaired) electrons. The van der Waals surface area contributed by atoms with E-state index in [1.807, 2.05) is 6.92 Å². The average Bonchev–Trinajstić information content (AvgIpc) is 2.69. The first-order valence-corrected chi connectivity index (χ1v) is 9.45. The number of rotatable bonds is 4. The quantitative estimate of drug-likeness (QED) is 0.773. The Morgan fingerprint density at radius 1 is 1.24 bits per heavy atom. The lowest BCUT2D eigenvalue weighted by Gasteiger charge is -2.33. The molecule has 2 amide bonds. The molecule has 0 unspecified atom stereocenters. The van der Waals surface area contributed by atoms with Gasteiger partial charge in [0.15, 0.2) is 6.10 Å². The largest absolute Gasteiger partial charge is 0.475 e. The topological polar surface area (TPSA) is 84.9 Å². The number of aryl methyl sites for hydroxylation is 1. The highest BCUT2D eigenvalue weighted by atomic mass is 35.5. The van der Waals surface area contributed by atoms with Crippen molar-refractivity contribution in [1.82, 2.24) is 0 Å². The highest BCUT2D eigenvalue weighted by molar-refractivity contribution is 6.31. The summed E-state index contributed by atoms with van der Waals surface area (Å²) in [5, 5.41) is 3.18. The second-order valence-electron chi connectivity index (χ2n) is 6.73. The molecule has 0 fully saturated rings. The number of nitrogens with zero attached hydrogens (tertiary/aromatic N) is 1. The summed E-state index contributed by atoms with van der Waals surface area (Å²) in [5.74, 6) is -1.04. The van der Waals surface area contributed by atoms with Gasteiger partial charge in [0.05, 0.1) is 12.2 Å². The van der Waals surface area contributed by atoms with Crippen LogP contribution in [0.1, 0.15) is 19.4 Å². The molecule has 7 nitrogen and oxygen atoms in total. The van der Waals surface area contributed by atoms with Gasteiger partial charge >= 0.3 is 5.97 Å².